The van der Waals surface area contributed by atoms with Crippen LogP contribution in [0, 0.1) is 0 Å². The first kappa shape index (κ1) is 18.4. The first-order chi connectivity index (χ1) is 14.3. The third kappa shape index (κ3) is 3.45. The Morgan fingerprint density at radius 1 is 0.759 bits per heavy atom. The van der Waals surface area contributed by atoms with Gasteiger partial charge in [-0.1, -0.05) is 66.7 Å². The molecule has 3 nitrogen and oxygen atoms in total. The van der Waals surface area contributed by atoms with E-state index in [0.717, 1.165) is 32.7 Å². The maximum atomic E-state index is 5.63. The molecule has 5 rings (SSSR count). The number of rotatable bonds is 5. The Hall–Kier alpha value is -2.62. The predicted molar refractivity (Wildman–Crippen MR) is 120 cm³/mol. The summed E-state index contributed by atoms with van der Waals surface area (Å²) in [5.74, 6) is 0. The van der Waals surface area contributed by atoms with E-state index in [4.69, 9.17) is 4.74 Å². The van der Waals surface area contributed by atoms with Crippen molar-refractivity contribution < 1.29 is 4.74 Å². The van der Waals surface area contributed by atoms with Gasteiger partial charge in [0.1, 0.15) is 0 Å². The summed E-state index contributed by atoms with van der Waals surface area (Å²) in [5, 5.41) is 2.69. The largest absolute Gasteiger partial charge is 0.379 e. The first-order valence-electron chi connectivity index (χ1n) is 10.7. The molecule has 0 saturated carbocycles. The number of para-hydroxylation sites is 2. The first-order valence-corrected chi connectivity index (χ1v) is 10.7. The molecular weight excluding hydrogens is 356 g/mol. The van der Waals surface area contributed by atoms with E-state index in [0.29, 0.717) is 12.1 Å². The molecule has 3 heteroatoms. The molecule has 0 amide bonds. The van der Waals surface area contributed by atoms with Crippen molar-refractivity contribution in [2.45, 2.75) is 25.4 Å². The fourth-order valence-electron chi connectivity index (χ4n) is 4.92. The van der Waals surface area contributed by atoms with Crippen molar-refractivity contribution >= 4 is 21.8 Å². The lowest BCUT2D eigenvalue weighted by atomic mass is 9.97. The number of hydrogen-bond acceptors (Lipinski definition) is 2. The van der Waals surface area contributed by atoms with Crippen LogP contribution in [0.3, 0.4) is 0 Å². The van der Waals surface area contributed by atoms with Crippen LogP contribution < -0.4 is 0 Å². The summed E-state index contributed by atoms with van der Waals surface area (Å²) in [5.41, 5.74) is 4.06. The number of aromatic nitrogens is 1. The number of morpholine rings is 1. The molecule has 1 aromatic heterocycles. The Morgan fingerprint density at radius 2 is 1.31 bits per heavy atom. The van der Waals surface area contributed by atoms with Crippen LogP contribution in [0.1, 0.15) is 31.0 Å². The highest BCUT2D eigenvalue weighted by molar-refractivity contribution is 6.08. The fraction of sp³-hybridized carbons (Fsp3) is 0.308. The van der Waals surface area contributed by atoms with E-state index in [-0.39, 0.29) is 0 Å². The van der Waals surface area contributed by atoms with Crippen LogP contribution in [0.5, 0.6) is 0 Å². The molecule has 0 bridgehead atoms. The molecular formula is C26H28N2O. The molecule has 1 fully saturated rings. The Morgan fingerprint density at radius 3 is 1.93 bits per heavy atom. The molecule has 0 N–H and O–H groups in total. The summed E-state index contributed by atoms with van der Waals surface area (Å²) in [6, 6.07) is 29.4. The van der Waals surface area contributed by atoms with Crippen LogP contribution in [0.25, 0.3) is 21.8 Å². The van der Waals surface area contributed by atoms with E-state index in [2.05, 4.69) is 95.3 Å². The standard InChI is InChI=1S/C26H28N2O/c1-20(19-26(21-9-3-2-4-10-21)27-15-17-29-18-16-27)28-24-13-7-5-11-22(24)23-12-6-8-14-25(23)28/h2-14,20,26H,15-19H2,1H3. The molecule has 0 aliphatic carbocycles. The molecule has 1 aliphatic heterocycles. The molecule has 2 unspecified atom stereocenters. The molecule has 1 aliphatic rings. The molecule has 2 heterocycles. The van der Waals surface area contributed by atoms with E-state index < -0.39 is 0 Å². The van der Waals surface area contributed by atoms with Crippen molar-refractivity contribution in [3.63, 3.8) is 0 Å². The van der Waals surface area contributed by atoms with Gasteiger partial charge in [0.25, 0.3) is 0 Å². The lowest BCUT2D eigenvalue weighted by molar-refractivity contribution is 0.0117. The van der Waals surface area contributed by atoms with Crippen molar-refractivity contribution in [3.05, 3.63) is 84.4 Å². The summed E-state index contributed by atoms with van der Waals surface area (Å²) in [7, 11) is 0. The summed E-state index contributed by atoms with van der Waals surface area (Å²) < 4.78 is 8.17. The SMILES string of the molecule is CC(CC(c1ccccc1)N1CCOCC1)n1c2ccccc2c2ccccc21. The molecule has 0 spiro atoms. The van der Waals surface area contributed by atoms with E-state index in [1.54, 1.807) is 0 Å². The minimum absolute atomic E-state index is 0.382. The highest BCUT2D eigenvalue weighted by atomic mass is 16.5. The smallest absolute Gasteiger partial charge is 0.0594 e. The second-order valence-electron chi connectivity index (χ2n) is 8.06. The normalized spacial score (nSPS) is 17.6. The average Bonchev–Trinajstić information content (AvgIpc) is 3.13. The van der Waals surface area contributed by atoms with Gasteiger partial charge in [-0.2, -0.15) is 0 Å². The minimum Gasteiger partial charge on any atom is -0.379 e. The Balaban J connectivity index is 1.56. The van der Waals surface area contributed by atoms with Gasteiger partial charge in [-0.3, -0.25) is 4.90 Å². The number of benzene rings is 3. The van der Waals surface area contributed by atoms with Gasteiger partial charge in [-0.05, 0) is 31.0 Å². The molecule has 1 saturated heterocycles. The summed E-state index contributed by atoms with van der Waals surface area (Å²) in [4.78, 5) is 2.60. The Kier molecular flexibility index (Phi) is 5.09. The number of nitrogens with zero attached hydrogens (tertiary/aromatic N) is 2. The summed E-state index contributed by atoms with van der Waals surface area (Å²) in [6.07, 6.45) is 1.08. The van der Waals surface area contributed by atoms with Gasteiger partial charge in [0.15, 0.2) is 0 Å². The Labute approximate surface area is 172 Å². The minimum atomic E-state index is 0.382. The zero-order valence-corrected chi connectivity index (χ0v) is 17.0. The predicted octanol–water partition coefficient (Wildman–Crippen LogP) is 5.82. The summed E-state index contributed by atoms with van der Waals surface area (Å²) >= 11 is 0. The van der Waals surface area contributed by atoms with Gasteiger partial charge in [-0.25, -0.2) is 0 Å². The molecule has 4 aromatic rings. The second kappa shape index (κ2) is 8.02. The van der Waals surface area contributed by atoms with Gasteiger partial charge in [0.05, 0.1) is 13.2 Å². The zero-order valence-electron chi connectivity index (χ0n) is 17.0. The van der Waals surface area contributed by atoms with Crippen LogP contribution in [0.4, 0.5) is 0 Å². The third-order valence-electron chi connectivity index (χ3n) is 6.29. The highest BCUT2D eigenvalue weighted by Crippen LogP contribution is 2.36. The Bertz CT molecular complexity index is 1040. The van der Waals surface area contributed by atoms with Crippen molar-refractivity contribution in [2.24, 2.45) is 0 Å². The van der Waals surface area contributed by atoms with Crippen molar-refractivity contribution in [2.75, 3.05) is 26.3 Å². The van der Waals surface area contributed by atoms with Crippen LogP contribution >= 0.6 is 0 Å². The monoisotopic (exact) mass is 384 g/mol. The maximum Gasteiger partial charge on any atom is 0.0594 e. The van der Waals surface area contributed by atoms with E-state index >= 15 is 0 Å². The van der Waals surface area contributed by atoms with Crippen LogP contribution in [0.2, 0.25) is 0 Å². The van der Waals surface area contributed by atoms with Crippen molar-refractivity contribution in [3.8, 4) is 0 Å². The number of ether oxygens (including phenoxy) is 1. The zero-order chi connectivity index (χ0) is 19.6. The van der Waals surface area contributed by atoms with E-state index in [1.807, 2.05) is 0 Å². The molecule has 148 valence electrons. The maximum absolute atomic E-state index is 5.63. The van der Waals surface area contributed by atoms with E-state index in [9.17, 15) is 0 Å². The van der Waals surface area contributed by atoms with Gasteiger partial charge >= 0.3 is 0 Å². The van der Waals surface area contributed by atoms with Crippen molar-refractivity contribution in [1.29, 1.82) is 0 Å². The van der Waals surface area contributed by atoms with Crippen LogP contribution in [0.15, 0.2) is 78.9 Å². The van der Waals surface area contributed by atoms with Gasteiger partial charge in [0, 0.05) is 47.0 Å². The van der Waals surface area contributed by atoms with Crippen LogP contribution in [-0.4, -0.2) is 35.8 Å². The van der Waals surface area contributed by atoms with Gasteiger partial charge < -0.3 is 9.30 Å². The van der Waals surface area contributed by atoms with Crippen LogP contribution in [-0.2, 0) is 4.74 Å². The van der Waals surface area contributed by atoms with Gasteiger partial charge in [0.2, 0.25) is 0 Å². The van der Waals surface area contributed by atoms with E-state index in [1.165, 1.54) is 27.4 Å². The highest BCUT2D eigenvalue weighted by Gasteiger charge is 2.26. The third-order valence-corrected chi connectivity index (χ3v) is 6.29. The lowest BCUT2D eigenvalue weighted by Gasteiger charge is -2.36. The lowest BCUT2D eigenvalue weighted by Crippen LogP contribution is -2.39. The average molecular weight is 385 g/mol. The molecule has 3 aromatic carbocycles. The number of hydrogen-bond donors (Lipinski definition) is 0. The van der Waals surface area contributed by atoms with Crippen molar-refractivity contribution in [1.82, 2.24) is 9.47 Å². The topological polar surface area (TPSA) is 17.4 Å². The van der Waals surface area contributed by atoms with Gasteiger partial charge in [-0.15, -0.1) is 0 Å². The molecule has 29 heavy (non-hydrogen) atoms. The molecule has 2 atom stereocenters. The quantitative estimate of drug-likeness (QED) is 0.431. The summed E-state index contributed by atoms with van der Waals surface area (Å²) in [6.45, 7) is 6.02. The molecule has 0 radical (unpaired) electrons. The second-order valence-corrected chi connectivity index (χ2v) is 8.06. The fourth-order valence-corrected chi connectivity index (χ4v) is 4.92. The number of fused-ring (bicyclic) bond motifs is 3.